The predicted molar refractivity (Wildman–Crippen MR) is 111 cm³/mol. The van der Waals surface area contributed by atoms with Crippen molar-refractivity contribution in [3.05, 3.63) is 70.8 Å². The molecule has 0 bridgehead atoms. The monoisotopic (exact) mass is 366 g/mol. The summed E-state index contributed by atoms with van der Waals surface area (Å²) in [5.74, 6) is 0.203. The van der Waals surface area contributed by atoms with E-state index in [1.807, 2.05) is 0 Å². The summed E-state index contributed by atoms with van der Waals surface area (Å²) in [5.41, 5.74) is 4.06. The fourth-order valence-electron chi connectivity index (χ4n) is 2.98. The Labute approximate surface area is 158 Å². The summed E-state index contributed by atoms with van der Waals surface area (Å²) < 4.78 is 0. The molecule has 0 aliphatic heterocycles. The van der Waals surface area contributed by atoms with Crippen molar-refractivity contribution < 1.29 is 4.79 Å². The van der Waals surface area contributed by atoms with Gasteiger partial charge in [0, 0.05) is 20.9 Å². The quantitative estimate of drug-likeness (QED) is 0.463. The number of Topliss-reactive ketones (excluding diaryl/α,β-unsaturated/α-hetero) is 1. The fourth-order valence-corrected chi connectivity index (χ4v) is 3.80. The van der Waals surface area contributed by atoms with Crippen molar-refractivity contribution in [3.63, 3.8) is 0 Å². The molecule has 0 amide bonds. The maximum atomic E-state index is 12.8. The van der Waals surface area contributed by atoms with Crippen molar-refractivity contribution in [2.75, 3.05) is 12.5 Å². The lowest BCUT2D eigenvalue weighted by atomic mass is 9.87. The van der Waals surface area contributed by atoms with Crippen LogP contribution in [0.3, 0.4) is 0 Å². The van der Waals surface area contributed by atoms with Gasteiger partial charge in [-0.05, 0) is 79.3 Å². The zero-order chi connectivity index (χ0) is 17.6. The first kappa shape index (κ1) is 18.1. The number of carbonyl (C=O) groups is 1. The molecule has 128 valence electrons. The van der Waals surface area contributed by atoms with Crippen molar-refractivity contribution in [3.8, 4) is 0 Å². The zero-order valence-electron chi connectivity index (χ0n) is 14.6. The molecule has 1 aliphatic rings. The van der Waals surface area contributed by atoms with E-state index in [9.17, 15) is 4.79 Å². The molecule has 0 radical (unpaired) electrons. The number of benzene rings is 2. The van der Waals surface area contributed by atoms with Gasteiger partial charge in [0.15, 0.2) is 5.78 Å². The molecule has 3 rings (SSSR count). The molecule has 0 atom stereocenters. The van der Waals surface area contributed by atoms with Gasteiger partial charge in [0.05, 0.1) is 0 Å². The van der Waals surface area contributed by atoms with Crippen LogP contribution in [-0.2, 0) is 4.79 Å². The minimum absolute atomic E-state index is 0.203. The van der Waals surface area contributed by atoms with E-state index in [1.165, 1.54) is 9.79 Å². The Morgan fingerprint density at radius 1 is 0.720 bits per heavy atom. The SMILES string of the molecule is CSc1ccc(C=C2CCCC(=Cc3ccc(SC)cc3)C2=O)cc1. The number of ketones is 1. The van der Waals surface area contributed by atoms with Gasteiger partial charge in [-0.25, -0.2) is 0 Å². The van der Waals surface area contributed by atoms with Gasteiger partial charge in [-0.3, -0.25) is 4.79 Å². The van der Waals surface area contributed by atoms with Crippen LogP contribution in [0.2, 0.25) is 0 Å². The van der Waals surface area contributed by atoms with Gasteiger partial charge < -0.3 is 0 Å². The summed E-state index contributed by atoms with van der Waals surface area (Å²) in [4.78, 5) is 15.3. The van der Waals surface area contributed by atoms with Gasteiger partial charge >= 0.3 is 0 Å². The van der Waals surface area contributed by atoms with E-state index in [4.69, 9.17) is 0 Å². The maximum Gasteiger partial charge on any atom is 0.185 e. The van der Waals surface area contributed by atoms with Gasteiger partial charge in [-0.1, -0.05) is 24.3 Å². The Hall–Kier alpha value is -1.71. The largest absolute Gasteiger partial charge is 0.289 e. The first-order chi connectivity index (χ1) is 12.2. The lowest BCUT2D eigenvalue weighted by Crippen LogP contribution is -2.12. The van der Waals surface area contributed by atoms with Gasteiger partial charge in [0.1, 0.15) is 0 Å². The molecule has 1 aliphatic carbocycles. The number of thioether (sulfide) groups is 2. The molecular formula is C22H22OS2. The third kappa shape index (κ3) is 4.68. The third-order valence-corrected chi connectivity index (χ3v) is 5.88. The van der Waals surface area contributed by atoms with Crippen LogP contribution in [0.1, 0.15) is 30.4 Å². The van der Waals surface area contributed by atoms with Crippen LogP contribution in [0.15, 0.2) is 69.5 Å². The summed E-state index contributed by atoms with van der Waals surface area (Å²) >= 11 is 3.46. The van der Waals surface area contributed by atoms with Crippen molar-refractivity contribution in [1.82, 2.24) is 0 Å². The number of hydrogen-bond acceptors (Lipinski definition) is 3. The highest BCUT2D eigenvalue weighted by Gasteiger charge is 2.20. The number of rotatable bonds is 4. The Bertz CT molecular complexity index is 731. The molecule has 1 fully saturated rings. The Kier molecular flexibility index (Phi) is 6.22. The Morgan fingerprint density at radius 2 is 1.12 bits per heavy atom. The Morgan fingerprint density at radius 3 is 1.48 bits per heavy atom. The standard InChI is InChI=1S/C22H22OS2/c1-24-20-10-6-16(7-11-20)14-18-4-3-5-19(22(18)23)15-17-8-12-21(25-2)13-9-17/h6-15H,3-5H2,1-2H3. The summed E-state index contributed by atoms with van der Waals surface area (Å²) in [6, 6.07) is 16.8. The van der Waals surface area contributed by atoms with Crippen molar-refractivity contribution in [2.45, 2.75) is 29.1 Å². The summed E-state index contributed by atoms with van der Waals surface area (Å²) in [7, 11) is 0. The molecule has 1 saturated carbocycles. The van der Waals surface area contributed by atoms with E-state index < -0.39 is 0 Å². The minimum Gasteiger partial charge on any atom is -0.289 e. The highest BCUT2D eigenvalue weighted by atomic mass is 32.2. The molecule has 0 heterocycles. The molecule has 0 N–H and O–H groups in total. The second kappa shape index (κ2) is 8.59. The molecule has 1 nitrogen and oxygen atoms in total. The second-order valence-electron chi connectivity index (χ2n) is 6.07. The molecule has 3 heteroatoms. The van der Waals surface area contributed by atoms with E-state index in [0.29, 0.717) is 0 Å². The molecule has 0 spiro atoms. The first-order valence-corrected chi connectivity index (χ1v) is 10.9. The number of carbonyl (C=O) groups excluding carboxylic acids is 1. The lowest BCUT2D eigenvalue weighted by molar-refractivity contribution is -0.112. The average Bonchev–Trinajstić information content (AvgIpc) is 2.66. The van der Waals surface area contributed by atoms with Crippen LogP contribution in [-0.4, -0.2) is 18.3 Å². The van der Waals surface area contributed by atoms with Crippen LogP contribution in [0.4, 0.5) is 0 Å². The predicted octanol–water partition coefficient (Wildman–Crippen LogP) is 6.35. The van der Waals surface area contributed by atoms with Crippen LogP contribution in [0.25, 0.3) is 12.2 Å². The fraction of sp³-hybridized carbons (Fsp3) is 0.227. The highest BCUT2D eigenvalue weighted by Crippen LogP contribution is 2.28. The van der Waals surface area contributed by atoms with Crippen molar-refractivity contribution >= 4 is 41.5 Å². The van der Waals surface area contributed by atoms with Crippen LogP contribution < -0.4 is 0 Å². The van der Waals surface area contributed by atoms with Crippen LogP contribution >= 0.6 is 23.5 Å². The molecular weight excluding hydrogens is 344 g/mol. The zero-order valence-corrected chi connectivity index (χ0v) is 16.3. The van der Waals surface area contributed by atoms with Crippen molar-refractivity contribution in [1.29, 1.82) is 0 Å². The van der Waals surface area contributed by atoms with E-state index in [1.54, 1.807) is 23.5 Å². The normalized spacial score (nSPS) is 18.1. The summed E-state index contributed by atoms with van der Waals surface area (Å²) in [6.45, 7) is 0. The number of allylic oxidation sites excluding steroid dienone is 2. The van der Waals surface area contributed by atoms with Gasteiger partial charge in [-0.15, -0.1) is 23.5 Å². The summed E-state index contributed by atoms with van der Waals surface area (Å²) in [5, 5.41) is 0. The second-order valence-corrected chi connectivity index (χ2v) is 7.83. The van der Waals surface area contributed by atoms with E-state index in [-0.39, 0.29) is 5.78 Å². The topological polar surface area (TPSA) is 17.1 Å². The Balaban J connectivity index is 1.81. The highest BCUT2D eigenvalue weighted by molar-refractivity contribution is 7.98. The minimum atomic E-state index is 0.203. The molecule has 2 aromatic rings. The molecule has 0 aromatic heterocycles. The smallest absolute Gasteiger partial charge is 0.185 e. The summed E-state index contributed by atoms with van der Waals surface area (Å²) in [6.07, 6.45) is 11.0. The molecule has 0 saturated heterocycles. The molecule has 0 unspecified atom stereocenters. The molecule has 25 heavy (non-hydrogen) atoms. The van der Waals surface area contributed by atoms with Gasteiger partial charge in [-0.2, -0.15) is 0 Å². The lowest BCUT2D eigenvalue weighted by Gasteiger charge is -2.16. The van der Waals surface area contributed by atoms with E-state index >= 15 is 0 Å². The molecule has 2 aromatic carbocycles. The van der Waals surface area contributed by atoms with E-state index in [0.717, 1.165) is 41.5 Å². The number of hydrogen-bond donors (Lipinski definition) is 0. The van der Waals surface area contributed by atoms with Crippen LogP contribution in [0.5, 0.6) is 0 Å². The van der Waals surface area contributed by atoms with Gasteiger partial charge in [0.25, 0.3) is 0 Å². The third-order valence-electron chi connectivity index (χ3n) is 4.39. The van der Waals surface area contributed by atoms with Crippen molar-refractivity contribution in [2.24, 2.45) is 0 Å². The first-order valence-electron chi connectivity index (χ1n) is 8.43. The maximum absolute atomic E-state index is 12.8. The van der Waals surface area contributed by atoms with Gasteiger partial charge in [0.2, 0.25) is 0 Å². The average molecular weight is 367 g/mol. The van der Waals surface area contributed by atoms with E-state index in [2.05, 4.69) is 73.2 Å². The van der Waals surface area contributed by atoms with Crippen LogP contribution in [0, 0.1) is 0 Å².